The molecule has 114 valence electrons. The number of aryl methyl sites for hydroxylation is 3. The number of hydrogen-bond donors (Lipinski definition) is 2. The van der Waals surface area contributed by atoms with Crippen LogP contribution in [0.4, 0.5) is 0 Å². The van der Waals surface area contributed by atoms with Crippen LogP contribution in [0.3, 0.4) is 0 Å². The molecule has 1 aromatic rings. The van der Waals surface area contributed by atoms with Crippen LogP contribution in [0.1, 0.15) is 34.7 Å². The summed E-state index contributed by atoms with van der Waals surface area (Å²) in [5.41, 5.74) is 5.45. The van der Waals surface area contributed by atoms with Crippen molar-refractivity contribution in [1.82, 2.24) is 10.2 Å². The van der Waals surface area contributed by atoms with Crippen LogP contribution in [-0.2, 0) is 0 Å². The summed E-state index contributed by atoms with van der Waals surface area (Å²) in [6.07, 6.45) is 0.824. The fourth-order valence-electron chi connectivity index (χ4n) is 3.34. The highest BCUT2D eigenvalue weighted by atomic mass is 35.5. The van der Waals surface area contributed by atoms with Gasteiger partial charge in [-0.3, -0.25) is 4.90 Å². The zero-order valence-electron chi connectivity index (χ0n) is 12.8. The smallest absolute Gasteiger partial charge is 0.0449 e. The summed E-state index contributed by atoms with van der Waals surface area (Å²) in [6.45, 7) is 11.0. The third-order valence-corrected chi connectivity index (χ3v) is 4.07. The quantitative estimate of drug-likeness (QED) is 0.896. The van der Waals surface area contributed by atoms with E-state index < -0.39 is 0 Å². The van der Waals surface area contributed by atoms with Crippen LogP contribution in [0.15, 0.2) is 12.1 Å². The normalized spacial score (nSPS) is 17.6. The lowest BCUT2D eigenvalue weighted by molar-refractivity contribution is 0.140. The molecule has 0 aromatic heterocycles. The molecular formula is C16H27ClN2O. The minimum absolute atomic E-state index is 0. The molecule has 1 saturated heterocycles. The van der Waals surface area contributed by atoms with Crippen LogP contribution in [0.25, 0.3) is 0 Å². The van der Waals surface area contributed by atoms with Gasteiger partial charge < -0.3 is 10.4 Å². The molecule has 0 bridgehead atoms. The molecule has 1 aliphatic rings. The highest BCUT2D eigenvalue weighted by Gasteiger charge is 2.24. The van der Waals surface area contributed by atoms with E-state index in [2.05, 4.69) is 43.1 Å². The molecule has 0 aliphatic carbocycles. The average Bonchev–Trinajstić information content (AvgIpc) is 2.37. The van der Waals surface area contributed by atoms with Gasteiger partial charge in [0.05, 0.1) is 0 Å². The van der Waals surface area contributed by atoms with Crippen molar-refractivity contribution < 1.29 is 5.11 Å². The first-order valence-corrected chi connectivity index (χ1v) is 7.27. The topological polar surface area (TPSA) is 35.5 Å². The Morgan fingerprint density at radius 2 is 1.70 bits per heavy atom. The molecule has 4 heteroatoms. The van der Waals surface area contributed by atoms with E-state index in [0.29, 0.717) is 6.04 Å². The lowest BCUT2D eigenvalue weighted by atomic mass is 9.91. The van der Waals surface area contributed by atoms with Crippen molar-refractivity contribution in [3.8, 4) is 0 Å². The van der Waals surface area contributed by atoms with Crippen molar-refractivity contribution in [1.29, 1.82) is 0 Å². The van der Waals surface area contributed by atoms with E-state index in [1.807, 2.05) is 0 Å². The van der Waals surface area contributed by atoms with Gasteiger partial charge in [-0.2, -0.15) is 0 Å². The minimum atomic E-state index is 0. The number of rotatable bonds is 4. The number of piperazine rings is 1. The predicted octanol–water partition coefficient (Wildman–Crippen LogP) is 2.36. The Kier molecular flexibility index (Phi) is 6.96. The molecule has 1 fully saturated rings. The van der Waals surface area contributed by atoms with Gasteiger partial charge in [-0.05, 0) is 43.9 Å². The SMILES string of the molecule is Cc1cc(C)c([C@@H](CCO)N2CCNCC2)c(C)c1.Cl. The van der Waals surface area contributed by atoms with Crippen LogP contribution >= 0.6 is 12.4 Å². The Labute approximate surface area is 128 Å². The number of nitrogens with one attached hydrogen (secondary N) is 1. The maximum atomic E-state index is 9.42. The van der Waals surface area contributed by atoms with Crippen molar-refractivity contribution in [2.45, 2.75) is 33.2 Å². The van der Waals surface area contributed by atoms with Gasteiger partial charge in [-0.15, -0.1) is 12.4 Å². The van der Waals surface area contributed by atoms with Crippen molar-refractivity contribution in [2.75, 3.05) is 32.8 Å². The Bertz CT molecular complexity index is 407. The fraction of sp³-hybridized carbons (Fsp3) is 0.625. The molecule has 1 aromatic carbocycles. The standard InChI is InChI=1S/C16H26N2O.ClH/c1-12-10-13(2)16(14(3)11-12)15(4-9-19)18-7-5-17-6-8-18;/h10-11,15,17,19H,4-9H2,1-3H3;1H/t15-;/m1./s1. The molecule has 20 heavy (non-hydrogen) atoms. The summed E-state index contributed by atoms with van der Waals surface area (Å²) in [5, 5.41) is 12.8. The predicted molar refractivity (Wildman–Crippen MR) is 86.8 cm³/mol. The van der Waals surface area contributed by atoms with Gasteiger partial charge in [0.15, 0.2) is 0 Å². The van der Waals surface area contributed by atoms with Crippen LogP contribution in [0.2, 0.25) is 0 Å². The number of nitrogens with zero attached hydrogens (tertiary/aromatic N) is 1. The van der Waals surface area contributed by atoms with Gasteiger partial charge in [0.2, 0.25) is 0 Å². The van der Waals surface area contributed by atoms with E-state index in [0.717, 1.165) is 32.6 Å². The summed E-state index contributed by atoms with van der Waals surface area (Å²) < 4.78 is 0. The lowest BCUT2D eigenvalue weighted by Gasteiger charge is -2.36. The van der Waals surface area contributed by atoms with E-state index >= 15 is 0 Å². The number of halogens is 1. The molecule has 0 amide bonds. The second-order valence-corrected chi connectivity index (χ2v) is 5.63. The third kappa shape index (κ3) is 3.95. The van der Waals surface area contributed by atoms with Gasteiger partial charge in [0, 0.05) is 38.8 Å². The lowest BCUT2D eigenvalue weighted by Crippen LogP contribution is -2.45. The zero-order chi connectivity index (χ0) is 13.8. The maximum Gasteiger partial charge on any atom is 0.0449 e. The second kappa shape index (κ2) is 7.99. The summed E-state index contributed by atoms with van der Waals surface area (Å²) in [6, 6.07) is 4.87. The third-order valence-electron chi connectivity index (χ3n) is 4.07. The van der Waals surface area contributed by atoms with Crippen LogP contribution in [-0.4, -0.2) is 42.8 Å². The zero-order valence-corrected chi connectivity index (χ0v) is 13.6. The molecule has 2 N–H and O–H groups in total. The van der Waals surface area contributed by atoms with E-state index in [-0.39, 0.29) is 19.0 Å². The van der Waals surface area contributed by atoms with Gasteiger partial charge in [-0.1, -0.05) is 17.7 Å². The maximum absolute atomic E-state index is 9.42. The number of aliphatic hydroxyl groups excluding tert-OH is 1. The van der Waals surface area contributed by atoms with Crippen LogP contribution in [0.5, 0.6) is 0 Å². The summed E-state index contributed by atoms with van der Waals surface area (Å²) in [7, 11) is 0. The van der Waals surface area contributed by atoms with Gasteiger partial charge in [0.25, 0.3) is 0 Å². The number of aliphatic hydroxyl groups is 1. The monoisotopic (exact) mass is 298 g/mol. The van der Waals surface area contributed by atoms with Crippen molar-refractivity contribution in [3.05, 3.63) is 34.4 Å². The van der Waals surface area contributed by atoms with E-state index in [1.165, 1.54) is 22.3 Å². The van der Waals surface area contributed by atoms with Crippen molar-refractivity contribution in [2.24, 2.45) is 0 Å². The molecule has 0 saturated carbocycles. The number of hydrogen-bond acceptors (Lipinski definition) is 3. The first-order chi connectivity index (χ1) is 9.13. The largest absolute Gasteiger partial charge is 0.396 e. The summed E-state index contributed by atoms with van der Waals surface area (Å²) in [5.74, 6) is 0. The van der Waals surface area contributed by atoms with Crippen molar-refractivity contribution in [3.63, 3.8) is 0 Å². The molecule has 2 rings (SSSR count). The van der Waals surface area contributed by atoms with E-state index in [1.54, 1.807) is 0 Å². The molecule has 1 atom stereocenters. The Balaban J connectivity index is 0.00000200. The molecule has 0 radical (unpaired) electrons. The first kappa shape index (κ1) is 17.4. The summed E-state index contributed by atoms with van der Waals surface area (Å²) in [4.78, 5) is 2.51. The Hall–Kier alpha value is -0.610. The molecule has 1 aliphatic heterocycles. The number of benzene rings is 1. The minimum Gasteiger partial charge on any atom is -0.396 e. The molecule has 0 spiro atoms. The van der Waals surface area contributed by atoms with Gasteiger partial charge >= 0.3 is 0 Å². The fourth-order valence-corrected chi connectivity index (χ4v) is 3.34. The van der Waals surface area contributed by atoms with E-state index in [4.69, 9.17) is 0 Å². The average molecular weight is 299 g/mol. The Morgan fingerprint density at radius 1 is 1.15 bits per heavy atom. The van der Waals surface area contributed by atoms with Gasteiger partial charge in [-0.25, -0.2) is 0 Å². The van der Waals surface area contributed by atoms with Gasteiger partial charge in [0.1, 0.15) is 0 Å². The molecule has 1 heterocycles. The first-order valence-electron chi connectivity index (χ1n) is 7.27. The Morgan fingerprint density at radius 3 is 2.20 bits per heavy atom. The highest BCUT2D eigenvalue weighted by molar-refractivity contribution is 5.85. The van der Waals surface area contributed by atoms with Crippen LogP contribution in [0, 0.1) is 20.8 Å². The molecular weight excluding hydrogens is 272 g/mol. The summed E-state index contributed by atoms with van der Waals surface area (Å²) >= 11 is 0. The molecule has 3 nitrogen and oxygen atoms in total. The second-order valence-electron chi connectivity index (χ2n) is 5.63. The molecule has 0 unspecified atom stereocenters. The highest BCUT2D eigenvalue weighted by Crippen LogP contribution is 2.30. The van der Waals surface area contributed by atoms with E-state index in [9.17, 15) is 5.11 Å². The van der Waals surface area contributed by atoms with Crippen molar-refractivity contribution >= 4 is 12.4 Å². The van der Waals surface area contributed by atoms with Crippen LogP contribution < -0.4 is 5.32 Å².